The Morgan fingerprint density at radius 3 is 2.61 bits per heavy atom. The van der Waals surface area contributed by atoms with Gasteiger partial charge < -0.3 is 4.74 Å². The summed E-state index contributed by atoms with van der Waals surface area (Å²) in [6.45, 7) is 0.543. The second-order valence-corrected chi connectivity index (χ2v) is 3.84. The third-order valence-electron chi connectivity index (χ3n) is 2.47. The first-order chi connectivity index (χ1) is 8.88. The van der Waals surface area contributed by atoms with E-state index in [4.69, 9.17) is 4.74 Å². The van der Waals surface area contributed by atoms with Crippen molar-refractivity contribution in [1.29, 1.82) is 0 Å². The van der Waals surface area contributed by atoms with E-state index in [0.29, 0.717) is 6.61 Å². The highest BCUT2D eigenvalue weighted by atomic mass is 16.5. The van der Waals surface area contributed by atoms with Crippen molar-refractivity contribution in [3.8, 4) is 5.75 Å². The summed E-state index contributed by atoms with van der Waals surface area (Å²) in [7, 11) is 0. The Bertz CT molecular complexity index is 530. The van der Waals surface area contributed by atoms with Gasteiger partial charge in [-0.25, -0.2) is 0 Å². The van der Waals surface area contributed by atoms with Crippen molar-refractivity contribution in [2.24, 2.45) is 0 Å². The number of rotatable bonds is 5. The molecule has 0 aliphatic rings. The maximum atomic E-state index is 10.3. The first kappa shape index (κ1) is 12.1. The van der Waals surface area contributed by atoms with E-state index < -0.39 is 0 Å². The minimum atomic E-state index is 0.543. The average Bonchev–Trinajstić information content (AvgIpc) is 2.44. The first-order valence-electron chi connectivity index (χ1n) is 5.77. The molecule has 0 saturated carbocycles. The molecule has 18 heavy (non-hydrogen) atoms. The number of benzene rings is 2. The second-order valence-electron chi connectivity index (χ2n) is 3.84. The molecule has 0 aliphatic carbocycles. The fourth-order valence-corrected chi connectivity index (χ4v) is 1.60. The van der Waals surface area contributed by atoms with E-state index in [-0.39, 0.29) is 0 Å². The molecule has 0 bridgehead atoms. The minimum absolute atomic E-state index is 0.543. The van der Waals surface area contributed by atoms with Gasteiger partial charge in [0, 0.05) is 0 Å². The van der Waals surface area contributed by atoms with Crippen LogP contribution in [0.2, 0.25) is 0 Å². The molecule has 90 valence electrons. The molecule has 0 N–H and O–H groups in total. The zero-order valence-electron chi connectivity index (χ0n) is 9.95. The standard InChI is InChI=1S/C16H14O2/c17-11-5-9-14-8-4-10-16(12-14)18-13-15-6-2-1-3-7-15/h1-12H,13H2/b9-5+. The van der Waals surface area contributed by atoms with E-state index in [9.17, 15) is 4.79 Å². The number of aldehydes is 1. The van der Waals surface area contributed by atoms with Crippen LogP contribution in [-0.2, 0) is 11.4 Å². The van der Waals surface area contributed by atoms with E-state index >= 15 is 0 Å². The molecule has 0 heterocycles. The second kappa shape index (κ2) is 6.40. The summed E-state index contributed by atoms with van der Waals surface area (Å²) in [6.07, 6.45) is 3.98. The fourth-order valence-electron chi connectivity index (χ4n) is 1.60. The number of carbonyl (C=O) groups excluding carboxylic acids is 1. The Kier molecular flexibility index (Phi) is 4.31. The summed E-state index contributed by atoms with van der Waals surface area (Å²) in [5.41, 5.74) is 2.08. The summed E-state index contributed by atoms with van der Waals surface area (Å²) in [6, 6.07) is 17.6. The Hall–Kier alpha value is -2.35. The third kappa shape index (κ3) is 3.59. The van der Waals surface area contributed by atoms with Gasteiger partial charge in [-0.3, -0.25) is 4.79 Å². The zero-order chi connectivity index (χ0) is 12.6. The van der Waals surface area contributed by atoms with Crippen molar-refractivity contribution in [2.45, 2.75) is 6.61 Å². The number of allylic oxidation sites excluding steroid dienone is 1. The molecule has 0 spiro atoms. The van der Waals surface area contributed by atoms with Gasteiger partial charge in [0.05, 0.1) is 0 Å². The molecule has 0 atom stereocenters. The lowest BCUT2D eigenvalue weighted by atomic mass is 10.2. The van der Waals surface area contributed by atoms with Crippen molar-refractivity contribution in [3.63, 3.8) is 0 Å². The van der Waals surface area contributed by atoms with Gasteiger partial charge in [-0.1, -0.05) is 48.5 Å². The molecule has 2 heteroatoms. The summed E-state index contributed by atoms with van der Waals surface area (Å²) < 4.78 is 5.69. The molecular weight excluding hydrogens is 224 g/mol. The molecule has 0 fully saturated rings. The van der Waals surface area contributed by atoms with Crippen molar-refractivity contribution in [1.82, 2.24) is 0 Å². The molecule has 2 rings (SSSR count). The van der Waals surface area contributed by atoms with Gasteiger partial charge in [0.1, 0.15) is 18.6 Å². The SMILES string of the molecule is O=C/C=C/c1cccc(OCc2ccccc2)c1. The van der Waals surface area contributed by atoms with Gasteiger partial charge in [-0.05, 0) is 29.3 Å². The molecule has 2 aromatic carbocycles. The van der Waals surface area contributed by atoms with Gasteiger partial charge in [-0.2, -0.15) is 0 Å². The minimum Gasteiger partial charge on any atom is -0.489 e. The van der Waals surface area contributed by atoms with Crippen molar-refractivity contribution in [3.05, 3.63) is 71.8 Å². The summed E-state index contributed by atoms with van der Waals surface area (Å²) in [5.74, 6) is 0.798. The molecule has 0 amide bonds. The Balaban J connectivity index is 2.01. The smallest absolute Gasteiger partial charge is 0.142 e. The van der Waals surface area contributed by atoms with E-state index in [1.54, 1.807) is 6.08 Å². The van der Waals surface area contributed by atoms with Crippen LogP contribution in [0.5, 0.6) is 5.75 Å². The first-order valence-corrected chi connectivity index (χ1v) is 5.77. The lowest BCUT2D eigenvalue weighted by Crippen LogP contribution is -1.94. The lowest BCUT2D eigenvalue weighted by Gasteiger charge is -2.06. The number of hydrogen-bond donors (Lipinski definition) is 0. The van der Waals surface area contributed by atoms with Gasteiger partial charge in [0.25, 0.3) is 0 Å². The quantitative estimate of drug-likeness (QED) is 0.589. The predicted molar refractivity (Wildman–Crippen MR) is 72.3 cm³/mol. The highest BCUT2D eigenvalue weighted by molar-refractivity contribution is 5.74. The topological polar surface area (TPSA) is 26.3 Å². The molecule has 2 aromatic rings. The third-order valence-corrected chi connectivity index (χ3v) is 2.47. The molecule has 0 unspecified atom stereocenters. The summed E-state index contributed by atoms with van der Waals surface area (Å²) >= 11 is 0. The van der Waals surface area contributed by atoms with E-state index in [1.165, 1.54) is 6.08 Å². The van der Waals surface area contributed by atoms with E-state index in [2.05, 4.69) is 0 Å². The van der Waals surface area contributed by atoms with Crippen LogP contribution in [0.15, 0.2) is 60.7 Å². The van der Waals surface area contributed by atoms with Crippen LogP contribution in [0.4, 0.5) is 0 Å². The summed E-state index contributed by atoms with van der Waals surface area (Å²) in [4.78, 5) is 10.3. The highest BCUT2D eigenvalue weighted by Crippen LogP contribution is 2.16. The fraction of sp³-hybridized carbons (Fsp3) is 0.0625. The van der Waals surface area contributed by atoms with Gasteiger partial charge in [0.15, 0.2) is 0 Å². The number of hydrogen-bond acceptors (Lipinski definition) is 2. The predicted octanol–water partition coefficient (Wildman–Crippen LogP) is 3.48. The van der Waals surface area contributed by atoms with Crippen LogP contribution in [0.3, 0.4) is 0 Å². The molecule has 0 aromatic heterocycles. The van der Waals surface area contributed by atoms with Gasteiger partial charge in [-0.15, -0.1) is 0 Å². The molecular formula is C16H14O2. The normalized spacial score (nSPS) is 10.4. The average molecular weight is 238 g/mol. The maximum absolute atomic E-state index is 10.3. The number of carbonyl (C=O) groups is 1. The van der Waals surface area contributed by atoms with Gasteiger partial charge >= 0.3 is 0 Å². The maximum Gasteiger partial charge on any atom is 0.142 e. The van der Waals surface area contributed by atoms with Crippen LogP contribution in [0.1, 0.15) is 11.1 Å². The van der Waals surface area contributed by atoms with Crippen LogP contribution < -0.4 is 4.74 Å². The van der Waals surface area contributed by atoms with Gasteiger partial charge in [0.2, 0.25) is 0 Å². The Morgan fingerprint density at radius 2 is 1.83 bits per heavy atom. The molecule has 0 aliphatic heterocycles. The Labute approximate surface area is 107 Å². The lowest BCUT2D eigenvalue weighted by molar-refractivity contribution is -0.104. The van der Waals surface area contributed by atoms with Crippen LogP contribution in [0, 0.1) is 0 Å². The summed E-state index contributed by atoms with van der Waals surface area (Å²) in [5, 5.41) is 0. The highest BCUT2D eigenvalue weighted by Gasteiger charge is 1.96. The van der Waals surface area contributed by atoms with Crippen LogP contribution in [0.25, 0.3) is 6.08 Å². The van der Waals surface area contributed by atoms with Crippen molar-refractivity contribution in [2.75, 3.05) is 0 Å². The number of ether oxygens (including phenoxy) is 1. The zero-order valence-corrected chi connectivity index (χ0v) is 9.95. The molecule has 0 saturated heterocycles. The van der Waals surface area contributed by atoms with Crippen molar-refractivity contribution < 1.29 is 9.53 Å². The van der Waals surface area contributed by atoms with E-state index in [1.807, 2.05) is 54.6 Å². The largest absolute Gasteiger partial charge is 0.489 e. The molecule has 2 nitrogen and oxygen atoms in total. The monoisotopic (exact) mass is 238 g/mol. The van der Waals surface area contributed by atoms with Crippen LogP contribution in [-0.4, -0.2) is 6.29 Å². The molecule has 0 radical (unpaired) electrons. The van der Waals surface area contributed by atoms with Crippen molar-refractivity contribution >= 4 is 12.4 Å². The Morgan fingerprint density at radius 1 is 1.00 bits per heavy atom. The van der Waals surface area contributed by atoms with E-state index in [0.717, 1.165) is 23.2 Å². The van der Waals surface area contributed by atoms with Crippen LogP contribution >= 0.6 is 0 Å².